The molecule has 2 aromatic carbocycles. The fourth-order valence-electron chi connectivity index (χ4n) is 4.44. The molecule has 0 saturated carbocycles. The molecule has 2 aromatic rings. The van der Waals surface area contributed by atoms with Crippen molar-refractivity contribution in [1.82, 2.24) is 5.32 Å². The second-order valence-corrected chi connectivity index (χ2v) is 9.13. The molecular weight excluding hydrogens is 383 g/mol. The summed E-state index contributed by atoms with van der Waals surface area (Å²) in [7, 11) is -0.556. The highest BCUT2D eigenvalue weighted by Crippen LogP contribution is 2.41. The molecule has 154 valence electrons. The first-order chi connectivity index (χ1) is 14.1. The maximum Gasteiger partial charge on any atom is 0.495 e. The van der Waals surface area contributed by atoms with Crippen molar-refractivity contribution in [2.45, 2.75) is 57.8 Å². The van der Waals surface area contributed by atoms with E-state index < -0.39 is 30.3 Å². The van der Waals surface area contributed by atoms with Gasteiger partial charge in [-0.15, -0.1) is 0 Å². The number of imide groups is 1. The van der Waals surface area contributed by atoms with E-state index in [0.717, 1.165) is 16.2 Å². The predicted octanol–water partition coefficient (Wildman–Crippen LogP) is 1.90. The van der Waals surface area contributed by atoms with Crippen molar-refractivity contribution in [3.8, 4) is 0 Å². The van der Waals surface area contributed by atoms with Gasteiger partial charge in [0.2, 0.25) is 11.8 Å². The van der Waals surface area contributed by atoms with Crippen LogP contribution in [-0.4, -0.2) is 42.1 Å². The average molecular weight is 406 g/mol. The molecule has 0 aliphatic carbocycles. The Morgan fingerprint density at radius 2 is 1.73 bits per heavy atom. The third-order valence-electron chi connectivity index (χ3n) is 6.79. The summed E-state index contributed by atoms with van der Waals surface area (Å²) in [5.41, 5.74) is 1.13. The zero-order chi connectivity index (χ0) is 21.4. The first-order valence-electron chi connectivity index (χ1n) is 10.2. The fourth-order valence-corrected chi connectivity index (χ4v) is 4.44. The number of hydrogen-bond donors (Lipinski definition) is 1. The second kappa shape index (κ2) is 6.15. The smallest absolute Gasteiger partial charge is 0.399 e. The third kappa shape index (κ3) is 2.56. The largest absolute Gasteiger partial charge is 0.495 e. The average Bonchev–Trinajstić information content (AvgIpc) is 3.07. The molecule has 3 aliphatic rings. The van der Waals surface area contributed by atoms with E-state index in [4.69, 9.17) is 9.31 Å². The predicted molar refractivity (Wildman–Crippen MR) is 113 cm³/mol. The standard InChI is InChI=1S/C22H23BN2O5/c1-21(2)22(3,4)30-23(29-21)14-8-9-15-18-12(14)6-5-7-13(18)20(28)25(15)16-10-11-17(26)24-19(16)27/h5-9,16H,10-11H2,1-4H3,(H,24,26,27). The number of carbonyl (C=O) groups is 3. The Kier molecular flexibility index (Phi) is 3.95. The summed E-state index contributed by atoms with van der Waals surface area (Å²) in [5, 5.41) is 4.01. The lowest BCUT2D eigenvalue weighted by atomic mass is 9.75. The van der Waals surface area contributed by atoms with Gasteiger partial charge in [0.1, 0.15) is 6.04 Å². The Balaban J connectivity index is 1.61. The van der Waals surface area contributed by atoms with Crippen molar-refractivity contribution in [2.24, 2.45) is 0 Å². The number of piperidine rings is 1. The van der Waals surface area contributed by atoms with E-state index >= 15 is 0 Å². The van der Waals surface area contributed by atoms with Crippen LogP contribution in [0.2, 0.25) is 0 Å². The molecule has 0 spiro atoms. The Labute approximate surface area is 174 Å². The lowest BCUT2D eigenvalue weighted by Crippen LogP contribution is -2.53. The molecule has 0 aromatic heterocycles. The summed E-state index contributed by atoms with van der Waals surface area (Å²) in [5.74, 6) is -0.964. The summed E-state index contributed by atoms with van der Waals surface area (Å²) < 4.78 is 12.5. The van der Waals surface area contributed by atoms with Crippen LogP contribution in [0.15, 0.2) is 30.3 Å². The van der Waals surface area contributed by atoms with Gasteiger partial charge in [0.25, 0.3) is 5.91 Å². The summed E-state index contributed by atoms with van der Waals surface area (Å²) in [6.07, 6.45) is 0.524. The van der Waals surface area contributed by atoms with Gasteiger partial charge in [-0.2, -0.15) is 0 Å². The molecule has 8 heteroatoms. The van der Waals surface area contributed by atoms with Gasteiger partial charge < -0.3 is 9.31 Å². The van der Waals surface area contributed by atoms with Gasteiger partial charge in [0.15, 0.2) is 0 Å². The van der Waals surface area contributed by atoms with Gasteiger partial charge in [-0.1, -0.05) is 18.2 Å². The van der Waals surface area contributed by atoms with Crippen molar-refractivity contribution in [3.63, 3.8) is 0 Å². The SMILES string of the molecule is CC1(C)OB(c2ccc3c4c(cccc24)C(=O)N3C2CCC(=O)NC2=O)OC1(C)C. The molecule has 5 rings (SSSR count). The van der Waals surface area contributed by atoms with Crippen LogP contribution in [0.1, 0.15) is 50.9 Å². The normalized spacial score (nSPS) is 24.7. The molecule has 1 unspecified atom stereocenters. The number of amides is 3. The highest BCUT2D eigenvalue weighted by Gasteiger charge is 2.52. The number of nitrogens with zero attached hydrogens (tertiary/aromatic N) is 1. The molecule has 7 nitrogen and oxygen atoms in total. The highest BCUT2D eigenvalue weighted by atomic mass is 16.7. The lowest BCUT2D eigenvalue weighted by Gasteiger charge is -2.32. The van der Waals surface area contributed by atoms with Crippen molar-refractivity contribution in [1.29, 1.82) is 0 Å². The van der Waals surface area contributed by atoms with Crippen LogP contribution in [0.5, 0.6) is 0 Å². The first kappa shape index (κ1) is 19.3. The topological polar surface area (TPSA) is 84.9 Å². The molecule has 1 N–H and O–H groups in total. The van der Waals surface area contributed by atoms with Crippen molar-refractivity contribution >= 4 is 46.8 Å². The molecule has 3 amide bonds. The van der Waals surface area contributed by atoms with Crippen LogP contribution < -0.4 is 15.7 Å². The van der Waals surface area contributed by atoms with E-state index in [-0.39, 0.29) is 18.2 Å². The van der Waals surface area contributed by atoms with Crippen LogP contribution in [0.3, 0.4) is 0 Å². The van der Waals surface area contributed by atoms with E-state index in [0.29, 0.717) is 17.7 Å². The minimum atomic E-state index is -0.700. The molecular formula is C22H23BN2O5. The molecule has 2 fully saturated rings. The number of benzene rings is 2. The Bertz CT molecular complexity index is 1110. The van der Waals surface area contributed by atoms with Crippen LogP contribution in [0.4, 0.5) is 5.69 Å². The van der Waals surface area contributed by atoms with E-state index in [1.165, 1.54) is 4.90 Å². The fraction of sp³-hybridized carbons (Fsp3) is 0.409. The summed E-state index contributed by atoms with van der Waals surface area (Å²) in [6.45, 7) is 8.01. The first-order valence-corrected chi connectivity index (χ1v) is 10.2. The van der Waals surface area contributed by atoms with Crippen molar-refractivity contribution < 1.29 is 23.7 Å². The van der Waals surface area contributed by atoms with Gasteiger partial charge in [-0.05, 0) is 57.1 Å². The van der Waals surface area contributed by atoms with E-state index in [1.54, 1.807) is 6.07 Å². The molecule has 3 heterocycles. The van der Waals surface area contributed by atoms with Gasteiger partial charge >= 0.3 is 7.12 Å². The van der Waals surface area contributed by atoms with Crippen molar-refractivity contribution in [2.75, 3.05) is 4.90 Å². The Morgan fingerprint density at radius 1 is 1.03 bits per heavy atom. The molecule has 0 bridgehead atoms. The molecule has 1 atom stereocenters. The number of hydrogen-bond acceptors (Lipinski definition) is 5. The summed E-state index contributed by atoms with van der Waals surface area (Å²) in [6, 6.07) is 8.61. The van der Waals surface area contributed by atoms with E-state index in [1.807, 2.05) is 52.0 Å². The number of carbonyl (C=O) groups excluding carboxylic acids is 3. The maximum atomic E-state index is 13.2. The maximum absolute atomic E-state index is 13.2. The van der Waals surface area contributed by atoms with Crippen LogP contribution >= 0.6 is 0 Å². The Morgan fingerprint density at radius 3 is 2.40 bits per heavy atom. The lowest BCUT2D eigenvalue weighted by molar-refractivity contribution is -0.134. The third-order valence-corrected chi connectivity index (χ3v) is 6.79. The van der Waals surface area contributed by atoms with Crippen LogP contribution in [0, 0.1) is 0 Å². The monoisotopic (exact) mass is 406 g/mol. The van der Waals surface area contributed by atoms with E-state index in [2.05, 4.69) is 5.32 Å². The van der Waals surface area contributed by atoms with Gasteiger partial charge in [0.05, 0.1) is 16.9 Å². The van der Waals surface area contributed by atoms with Crippen molar-refractivity contribution in [3.05, 3.63) is 35.9 Å². The minimum absolute atomic E-state index is 0.214. The minimum Gasteiger partial charge on any atom is -0.399 e. The van der Waals surface area contributed by atoms with Crippen LogP contribution in [0.25, 0.3) is 10.8 Å². The second-order valence-electron chi connectivity index (χ2n) is 9.13. The summed E-state index contributed by atoms with van der Waals surface area (Å²) >= 11 is 0. The van der Waals surface area contributed by atoms with Crippen LogP contribution in [-0.2, 0) is 18.9 Å². The highest BCUT2D eigenvalue weighted by molar-refractivity contribution is 6.65. The van der Waals surface area contributed by atoms with Gasteiger partial charge in [-0.3, -0.25) is 24.6 Å². The molecule has 2 saturated heterocycles. The van der Waals surface area contributed by atoms with Gasteiger partial charge in [-0.25, -0.2) is 0 Å². The number of rotatable bonds is 2. The zero-order valence-electron chi connectivity index (χ0n) is 17.4. The molecule has 0 radical (unpaired) electrons. The van der Waals surface area contributed by atoms with Gasteiger partial charge in [0, 0.05) is 17.4 Å². The summed E-state index contributed by atoms with van der Waals surface area (Å²) in [4.78, 5) is 38.8. The number of anilines is 1. The van der Waals surface area contributed by atoms with E-state index in [9.17, 15) is 14.4 Å². The Hall–Kier alpha value is -2.71. The molecule has 3 aliphatic heterocycles. The zero-order valence-corrected chi connectivity index (χ0v) is 17.4. The number of nitrogens with one attached hydrogen (secondary N) is 1. The molecule has 30 heavy (non-hydrogen) atoms. The quantitative estimate of drug-likeness (QED) is 0.609.